The molecule has 1 fully saturated rings. The van der Waals surface area contributed by atoms with E-state index < -0.39 is 0 Å². The van der Waals surface area contributed by atoms with Gasteiger partial charge in [-0.15, -0.1) is 0 Å². The second-order valence-corrected chi connectivity index (χ2v) is 10.8. The lowest BCUT2D eigenvalue weighted by atomic mass is 10.2. The Kier molecular flexibility index (Phi) is 8.55. The number of halogens is 2. The van der Waals surface area contributed by atoms with E-state index >= 15 is 0 Å². The molecule has 1 N–H and O–H groups in total. The number of aliphatic imine (C=N–C) groups is 1. The highest BCUT2D eigenvalue weighted by molar-refractivity contribution is 8.19. The molecule has 200 valence electrons. The van der Waals surface area contributed by atoms with Gasteiger partial charge in [-0.05, 0) is 103 Å². The van der Waals surface area contributed by atoms with Crippen LogP contribution in [0.15, 0.2) is 107 Å². The summed E-state index contributed by atoms with van der Waals surface area (Å²) in [7, 11) is 0. The predicted octanol–water partition coefficient (Wildman–Crippen LogP) is 8.13. The molecule has 6 nitrogen and oxygen atoms in total. The van der Waals surface area contributed by atoms with Crippen molar-refractivity contribution in [1.82, 2.24) is 0 Å². The minimum Gasteiger partial charge on any atom is -0.484 e. The Balaban J connectivity index is 1.35. The normalized spacial score (nSPS) is 15.1. The van der Waals surface area contributed by atoms with E-state index in [4.69, 9.17) is 32.9 Å². The van der Waals surface area contributed by atoms with E-state index in [9.17, 15) is 9.59 Å². The van der Waals surface area contributed by atoms with E-state index in [0.717, 1.165) is 11.1 Å². The van der Waals surface area contributed by atoms with E-state index in [2.05, 4.69) is 5.32 Å². The van der Waals surface area contributed by atoms with Gasteiger partial charge in [0.2, 0.25) is 0 Å². The van der Waals surface area contributed by atoms with Crippen molar-refractivity contribution in [1.29, 1.82) is 0 Å². The molecule has 1 saturated heterocycles. The Morgan fingerprint density at radius 3 is 2.33 bits per heavy atom. The number of amidine groups is 1. The Bertz CT molecular complexity index is 1600. The molecule has 0 aliphatic carbocycles. The highest BCUT2D eigenvalue weighted by atomic mass is 35.5. The van der Waals surface area contributed by atoms with Gasteiger partial charge in [0.05, 0.1) is 16.3 Å². The molecule has 5 rings (SSSR count). The number of benzene rings is 4. The number of nitrogens with one attached hydrogen (secondary N) is 1. The molecule has 40 heavy (non-hydrogen) atoms. The number of thioether (sulfide) groups is 1. The number of carbonyl (C=O) groups is 2. The molecule has 0 unspecified atom stereocenters. The third-order valence-corrected chi connectivity index (χ3v) is 7.28. The Hall–Kier alpha value is -4.04. The van der Waals surface area contributed by atoms with Crippen LogP contribution in [0.4, 0.5) is 17.1 Å². The Labute approximate surface area is 246 Å². The number of aryl methyl sites for hydroxylation is 1. The van der Waals surface area contributed by atoms with Gasteiger partial charge in [0.15, 0.2) is 11.8 Å². The monoisotopic (exact) mass is 587 g/mol. The van der Waals surface area contributed by atoms with Gasteiger partial charge < -0.3 is 10.1 Å². The van der Waals surface area contributed by atoms with Gasteiger partial charge >= 0.3 is 0 Å². The van der Waals surface area contributed by atoms with Crippen LogP contribution in [-0.2, 0) is 9.59 Å². The lowest BCUT2D eigenvalue weighted by Gasteiger charge is -2.15. The molecule has 1 heterocycles. The van der Waals surface area contributed by atoms with Crippen molar-refractivity contribution in [3.63, 3.8) is 0 Å². The summed E-state index contributed by atoms with van der Waals surface area (Å²) in [5.41, 5.74) is 3.87. The van der Waals surface area contributed by atoms with Crippen LogP contribution in [0, 0.1) is 6.92 Å². The molecule has 1 aliphatic rings. The van der Waals surface area contributed by atoms with Gasteiger partial charge in [0.1, 0.15) is 5.75 Å². The summed E-state index contributed by atoms with van der Waals surface area (Å²) >= 11 is 13.4. The summed E-state index contributed by atoms with van der Waals surface area (Å²) in [6, 6.07) is 28.8. The maximum absolute atomic E-state index is 13.6. The number of amides is 2. The molecule has 4 aromatic carbocycles. The van der Waals surface area contributed by atoms with Crippen molar-refractivity contribution in [3.05, 3.63) is 123 Å². The molecule has 4 aromatic rings. The maximum atomic E-state index is 13.6. The predicted molar refractivity (Wildman–Crippen MR) is 165 cm³/mol. The van der Waals surface area contributed by atoms with E-state index in [0.29, 0.717) is 42.9 Å². The van der Waals surface area contributed by atoms with Crippen LogP contribution in [0.3, 0.4) is 0 Å². The zero-order chi connectivity index (χ0) is 28.1. The molecule has 2 amide bonds. The van der Waals surface area contributed by atoms with Crippen LogP contribution >= 0.6 is 35.0 Å². The van der Waals surface area contributed by atoms with Crippen molar-refractivity contribution in [2.75, 3.05) is 16.8 Å². The first-order valence-electron chi connectivity index (χ1n) is 12.3. The largest absolute Gasteiger partial charge is 0.484 e. The fourth-order valence-electron chi connectivity index (χ4n) is 3.82. The third kappa shape index (κ3) is 6.93. The molecular weight excluding hydrogens is 565 g/mol. The van der Waals surface area contributed by atoms with Crippen molar-refractivity contribution < 1.29 is 14.3 Å². The van der Waals surface area contributed by atoms with Crippen LogP contribution in [0.25, 0.3) is 6.08 Å². The van der Waals surface area contributed by atoms with Gasteiger partial charge in [0, 0.05) is 15.7 Å². The number of ether oxygens (including phenoxy) is 1. The summed E-state index contributed by atoms with van der Waals surface area (Å²) < 4.78 is 5.72. The average Bonchev–Trinajstić information content (AvgIpc) is 3.24. The molecule has 0 spiro atoms. The number of carbonyl (C=O) groups excluding carboxylic acids is 2. The molecule has 0 atom stereocenters. The SMILES string of the molecule is Cc1ccc(NC(=O)COc2cccc(/C=C3\SC(=Nc4ccc(Cl)cc4)N(c4ccc(Cl)cc4)C3=O)c2)cc1. The standard InChI is InChI=1S/C31H23Cl2N3O3S/c1-20-5-11-24(12-6-20)34-29(37)19-39-27-4-2-3-21(17-27)18-28-30(38)36(26-15-9-23(33)10-16-26)31(40-28)35-25-13-7-22(32)8-14-25/h2-18H,19H2,1H3,(H,34,37)/b28-18-,35-31?. The lowest BCUT2D eigenvalue weighted by Crippen LogP contribution is -2.28. The summed E-state index contributed by atoms with van der Waals surface area (Å²) in [4.78, 5) is 32.7. The van der Waals surface area contributed by atoms with Crippen LogP contribution in [0.1, 0.15) is 11.1 Å². The van der Waals surface area contributed by atoms with Gasteiger partial charge in [-0.2, -0.15) is 0 Å². The first-order chi connectivity index (χ1) is 19.3. The van der Waals surface area contributed by atoms with Crippen LogP contribution in [-0.4, -0.2) is 23.6 Å². The van der Waals surface area contributed by atoms with Crippen molar-refractivity contribution >= 4 is 75.1 Å². The van der Waals surface area contributed by atoms with E-state index in [-0.39, 0.29) is 18.4 Å². The van der Waals surface area contributed by atoms with Gasteiger partial charge in [-0.1, -0.05) is 53.0 Å². The summed E-state index contributed by atoms with van der Waals surface area (Å²) in [6.45, 7) is 1.83. The maximum Gasteiger partial charge on any atom is 0.271 e. The zero-order valence-electron chi connectivity index (χ0n) is 21.3. The van der Waals surface area contributed by atoms with Gasteiger partial charge in [-0.25, -0.2) is 4.99 Å². The molecule has 0 bridgehead atoms. The molecule has 0 aromatic heterocycles. The first kappa shape index (κ1) is 27.5. The summed E-state index contributed by atoms with van der Waals surface area (Å²) in [5.74, 6) is 0.0214. The highest BCUT2D eigenvalue weighted by Gasteiger charge is 2.34. The van der Waals surface area contributed by atoms with Crippen LogP contribution < -0.4 is 15.0 Å². The first-order valence-corrected chi connectivity index (χ1v) is 13.8. The summed E-state index contributed by atoms with van der Waals surface area (Å²) in [6.07, 6.45) is 1.78. The summed E-state index contributed by atoms with van der Waals surface area (Å²) in [5, 5.41) is 4.48. The fourth-order valence-corrected chi connectivity index (χ4v) is 5.07. The lowest BCUT2D eigenvalue weighted by molar-refractivity contribution is -0.118. The Morgan fingerprint density at radius 1 is 0.950 bits per heavy atom. The minimum absolute atomic E-state index is 0.149. The smallest absolute Gasteiger partial charge is 0.271 e. The van der Waals surface area contributed by atoms with Gasteiger partial charge in [-0.3, -0.25) is 14.5 Å². The van der Waals surface area contributed by atoms with Crippen LogP contribution in [0.5, 0.6) is 5.75 Å². The van der Waals surface area contributed by atoms with Crippen molar-refractivity contribution in [2.45, 2.75) is 6.92 Å². The zero-order valence-corrected chi connectivity index (χ0v) is 23.6. The van der Waals surface area contributed by atoms with Crippen molar-refractivity contribution in [3.8, 4) is 5.75 Å². The van der Waals surface area contributed by atoms with E-state index in [1.165, 1.54) is 11.8 Å². The third-order valence-electron chi connectivity index (χ3n) is 5.80. The second kappa shape index (κ2) is 12.4. The number of rotatable bonds is 7. The Morgan fingerprint density at radius 2 is 1.62 bits per heavy atom. The second-order valence-electron chi connectivity index (χ2n) is 8.87. The van der Waals surface area contributed by atoms with Crippen molar-refractivity contribution in [2.24, 2.45) is 4.99 Å². The van der Waals surface area contributed by atoms with E-state index in [1.54, 1.807) is 71.6 Å². The average molecular weight is 589 g/mol. The number of hydrogen-bond acceptors (Lipinski definition) is 5. The van der Waals surface area contributed by atoms with Crippen LogP contribution in [0.2, 0.25) is 10.0 Å². The van der Waals surface area contributed by atoms with E-state index in [1.807, 2.05) is 43.3 Å². The molecule has 0 radical (unpaired) electrons. The van der Waals surface area contributed by atoms with Gasteiger partial charge in [0.25, 0.3) is 11.8 Å². The number of nitrogens with zero attached hydrogens (tertiary/aromatic N) is 2. The number of hydrogen-bond donors (Lipinski definition) is 1. The number of anilines is 2. The molecular formula is C31H23Cl2N3O3S. The topological polar surface area (TPSA) is 71.0 Å². The highest BCUT2D eigenvalue weighted by Crippen LogP contribution is 2.38. The molecule has 1 aliphatic heterocycles. The fraction of sp³-hybridized carbons (Fsp3) is 0.0645. The quantitative estimate of drug-likeness (QED) is 0.221. The molecule has 0 saturated carbocycles. The molecule has 9 heteroatoms. The minimum atomic E-state index is -0.268.